The molecule has 4 aliphatic rings. The Labute approximate surface area is 114 Å². The molecule has 0 aliphatic heterocycles. The molecular formula is C13H17BrO4. The third-order valence-electron chi connectivity index (χ3n) is 5.02. The zero-order chi connectivity index (χ0) is 13.1. The van der Waals surface area contributed by atoms with Gasteiger partial charge in [0.15, 0.2) is 0 Å². The minimum absolute atomic E-state index is 0.0998. The zero-order valence-electron chi connectivity index (χ0n) is 10.5. The van der Waals surface area contributed by atoms with Gasteiger partial charge < -0.3 is 14.6 Å². The first-order valence-corrected chi connectivity index (χ1v) is 7.03. The van der Waals surface area contributed by atoms with Crippen LogP contribution in [0.25, 0.3) is 0 Å². The highest BCUT2D eigenvalue weighted by Crippen LogP contribution is 2.62. The van der Waals surface area contributed by atoms with Crippen LogP contribution in [0.1, 0.15) is 19.3 Å². The number of ether oxygens (including phenoxy) is 2. The lowest BCUT2D eigenvalue weighted by Crippen LogP contribution is -2.66. The Hall–Kier alpha value is -0.230. The monoisotopic (exact) mass is 316 g/mol. The standard InChI is InChI=1S/C13H17BrO4/c1-17-13(18-2)8-5-7-3-4-10(15)12(7,11(13)16)6-9(8)14/h6-8,10,15H,3-5H2,1-2H3/t7-,8?,10-,12?/m0/s1. The quantitative estimate of drug-likeness (QED) is 0.786. The van der Waals surface area contributed by atoms with E-state index in [1.165, 1.54) is 14.2 Å². The van der Waals surface area contributed by atoms with Crippen LogP contribution in [0.5, 0.6) is 0 Å². The molecule has 0 aromatic carbocycles. The van der Waals surface area contributed by atoms with Crippen LogP contribution in [0.3, 0.4) is 0 Å². The van der Waals surface area contributed by atoms with E-state index in [1.54, 1.807) is 0 Å². The average Bonchev–Trinajstić information content (AvgIpc) is 2.69. The van der Waals surface area contributed by atoms with Gasteiger partial charge in [-0.15, -0.1) is 0 Å². The van der Waals surface area contributed by atoms with Crippen molar-refractivity contribution >= 4 is 21.7 Å². The van der Waals surface area contributed by atoms with Crippen LogP contribution in [0.15, 0.2) is 10.6 Å². The number of aliphatic hydroxyl groups excluding tert-OH is 1. The summed E-state index contributed by atoms with van der Waals surface area (Å²) >= 11 is 3.53. The molecule has 4 nitrogen and oxygen atoms in total. The molecule has 0 aromatic rings. The van der Waals surface area contributed by atoms with Crippen LogP contribution in [-0.2, 0) is 14.3 Å². The van der Waals surface area contributed by atoms with Gasteiger partial charge in [-0.25, -0.2) is 0 Å². The largest absolute Gasteiger partial charge is 0.392 e. The van der Waals surface area contributed by atoms with Gasteiger partial charge in [-0.05, 0) is 25.2 Å². The summed E-state index contributed by atoms with van der Waals surface area (Å²) in [5.74, 6) is -1.24. The van der Waals surface area contributed by atoms with Crippen molar-refractivity contribution in [2.75, 3.05) is 14.2 Å². The molecule has 0 heterocycles. The smallest absolute Gasteiger partial charge is 0.237 e. The maximum atomic E-state index is 12.9. The molecule has 0 radical (unpaired) electrons. The lowest BCUT2D eigenvalue weighted by molar-refractivity contribution is -0.250. The van der Waals surface area contributed by atoms with Crippen molar-refractivity contribution in [2.24, 2.45) is 17.3 Å². The maximum absolute atomic E-state index is 12.9. The Morgan fingerprint density at radius 2 is 2.06 bits per heavy atom. The predicted octanol–water partition coefficient (Wildman–Crippen LogP) is 1.61. The third-order valence-corrected chi connectivity index (χ3v) is 5.80. The number of hydrogen-bond donors (Lipinski definition) is 1. The van der Waals surface area contributed by atoms with E-state index < -0.39 is 17.3 Å². The Kier molecular flexibility index (Phi) is 2.76. The molecule has 2 fully saturated rings. The summed E-state index contributed by atoms with van der Waals surface area (Å²) in [4.78, 5) is 12.9. The summed E-state index contributed by atoms with van der Waals surface area (Å²) in [6.45, 7) is 0. The molecule has 2 saturated carbocycles. The fraction of sp³-hybridized carbons (Fsp3) is 0.769. The van der Waals surface area contributed by atoms with Crippen LogP contribution in [-0.4, -0.2) is 37.0 Å². The molecule has 2 unspecified atom stereocenters. The Morgan fingerprint density at radius 3 is 2.67 bits per heavy atom. The summed E-state index contributed by atoms with van der Waals surface area (Å²) in [6, 6.07) is 0. The topological polar surface area (TPSA) is 55.8 Å². The zero-order valence-corrected chi connectivity index (χ0v) is 12.1. The molecular weight excluding hydrogens is 300 g/mol. The molecule has 0 saturated heterocycles. The van der Waals surface area contributed by atoms with E-state index in [2.05, 4.69) is 15.9 Å². The number of halogens is 1. The van der Waals surface area contributed by atoms with Crippen molar-refractivity contribution in [3.8, 4) is 0 Å². The van der Waals surface area contributed by atoms with Crippen molar-refractivity contribution in [1.29, 1.82) is 0 Å². The van der Waals surface area contributed by atoms with Crippen LogP contribution in [0, 0.1) is 17.3 Å². The second-order valence-electron chi connectivity index (χ2n) is 5.45. The number of methoxy groups -OCH3 is 2. The number of hydrogen-bond acceptors (Lipinski definition) is 4. The molecule has 0 aromatic heterocycles. The van der Waals surface area contributed by atoms with Crippen LogP contribution < -0.4 is 0 Å². The SMILES string of the molecule is COC1(OC)C(=O)C23C=C(Br)C1C[C@@H]2CC[C@@H]3O. The summed E-state index contributed by atoms with van der Waals surface area (Å²) in [6.07, 6.45) is 3.66. The van der Waals surface area contributed by atoms with Gasteiger partial charge >= 0.3 is 0 Å². The van der Waals surface area contributed by atoms with Crippen molar-refractivity contribution in [3.05, 3.63) is 10.6 Å². The number of carbonyl (C=O) groups is 1. The summed E-state index contributed by atoms with van der Waals surface area (Å²) in [7, 11) is 2.99. The maximum Gasteiger partial charge on any atom is 0.237 e. The molecule has 1 N–H and O–H groups in total. The van der Waals surface area contributed by atoms with E-state index in [-0.39, 0.29) is 17.6 Å². The first kappa shape index (κ1) is 12.8. The molecule has 100 valence electrons. The van der Waals surface area contributed by atoms with E-state index in [4.69, 9.17) is 9.47 Å². The summed E-state index contributed by atoms with van der Waals surface area (Å²) < 4.78 is 11.8. The number of carbonyl (C=O) groups excluding carboxylic acids is 1. The van der Waals surface area contributed by atoms with Gasteiger partial charge in [0.1, 0.15) is 0 Å². The van der Waals surface area contributed by atoms with E-state index in [1.807, 2.05) is 6.08 Å². The first-order valence-electron chi connectivity index (χ1n) is 6.24. The van der Waals surface area contributed by atoms with Crippen LogP contribution in [0.4, 0.5) is 0 Å². The minimum atomic E-state index is -1.24. The highest BCUT2D eigenvalue weighted by Gasteiger charge is 2.70. The Bertz CT molecular complexity index is 429. The van der Waals surface area contributed by atoms with Crippen molar-refractivity contribution in [2.45, 2.75) is 31.2 Å². The fourth-order valence-corrected chi connectivity index (χ4v) is 4.98. The van der Waals surface area contributed by atoms with E-state index in [0.29, 0.717) is 6.42 Å². The Morgan fingerprint density at radius 1 is 1.39 bits per heavy atom. The fourth-order valence-electron chi connectivity index (χ4n) is 4.11. The van der Waals surface area contributed by atoms with Crippen LogP contribution >= 0.6 is 15.9 Å². The number of Topliss-reactive ketones (excluding diaryl/α,β-unsaturated/α-hetero) is 1. The van der Waals surface area contributed by atoms with Crippen LogP contribution in [0.2, 0.25) is 0 Å². The molecule has 4 rings (SSSR count). The van der Waals surface area contributed by atoms with Gasteiger partial charge in [-0.1, -0.05) is 22.0 Å². The highest BCUT2D eigenvalue weighted by molar-refractivity contribution is 9.11. The summed E-state index contributed by atoms with van der Waals surface area (Å²) in [5, 5.41) is 10.3. The van der Waals surface area contributed by atoms with Crippen molar-refractivity contribution in [1.82, 2.24) is 0 Å². The van der Waals surface area contributed by atoms with Gasteiger partial charge in [0.2, 0.25) is 11.6 Å². The van der Waals surface area contributed by atoms with Crippen molar-refractivity contribution in [3.63, 3.8) is 0 Å². The lowest BCUT2D eigenvalue weighted by Gasteiger charge is -2.54. The minimum Gasteiger partial charge on any atom is -0.392 e. The second-order valence-corrected chi connectivity index (χ2v) is 6.36. The first-order chi connectivity index (χ1) is 8.52. The van der Waals surface area contributed by atoms with Gasteiger partial charge in [-0.2, -0.15) is 0 Å². The number of aliphatic hydroxyl groups is 1. The molecule has 4 atom stereocenters. The van der Waals surface area contributed by atoms with Gasteiger partial charge in [-0.3, -0.25) is 4.79 Å². The highest BCUT2D eigenvalue weighted by atomic mass is 79.9. The lowest BCUT2D eigenvalue weighted by atomic mass is 9.56. The normalized spacial score (nSPS) is 45.0. The average molecular weight is 317 g/mol. The molecule has 5 heteroatoms. The van der Waals surface area contributed by atoms with E-state index in [9.17, 15) is 9.90 Å². The van der Waals surface area contributed by atoms with Crippen molar-refractivity contribution < 1.29 is 19.4 Å². The second kappa shape index (κ2) is 3.88. The number of ketones is 1. The van der Waals surface area contributed by atoms with Gasteiger partial charge in [0.25, 0.3) is 0 Å². The molecule has 2 bridgehead atoms. The number of rotatable bonds is 2. The molecule has 0 amide bonds. The molecule has 18 heavy (non-hydrogen) atoms. The van der Waals surface area contributed by atoms with Gasteiger partial charge in [0.05, 0.1) is 17.4 Å². The number of fused-ring (bicyclic) bond motifs is 1. The predicted molar refractivity (Wildman–Crippen MR) is 68.0 cm³/mol. The van der Waals surface area contributed by atoms with Gasteiger partial charge in [0, 0.05) is 18.7 Å². The molecule has 4 aliphatic carbocycles. The summed E-state index contributed by atoms with van der Waals surface area (Å²) in [5.41, 5.74) is -0.820. The third kappa shape index (κ3) is 1.19. The molecule has 1 spiro atoms. The Balaban J connectivity index is 2.20. The van der Waals surface area contributed by atoms with E-state index >= 15 is 0 Å². The van der Waals surface area contributed by atoms with E-state index in [0.717, 1.165) is 17.3 Å².